The molecule has 3 rings (SSSR count). The van der Waals surface area contributed by atoms with Gasteiger partial charge in [0, 0.05) is 44.1 Å². The van der Waals surface area contributed by atoms with Gasteiger partial charge in [0.1, 0.15) is 6.61 Å². The first-order valence-electron chi connectivity index (χ1n) is 10.1. The van der Waals surface area contributed by atoms with Gasteiger partial charge < -0.3 is 24.0 Å². The molecule has 1 aliphatic rings. The summed E-state index contributed by atoms with van der Waals surface area (Å²) in [5, 5.41) is 0. The molecule has 0 aliphatic carbocycles. The number of hydrogen-bond donors (Lipinski definition) is 0. The summed E-state index contributed by atoms with van der Waals surface area (Å²) in [6, 6.07) is 8.98. The van der Waals surface area contributed by atoms with Gasteiger partial charge in [-0.15, -0.1) is 0 Å². The molecule has 0 spiro atoms. The quantitative estimate of drug-likeness (QED) is 0.694. The number of aromatic nitrogens is 1. The van der Waals surface area contributed by atoms with Crippen LogP contribution in [0, 0.1) is 0 Å². The summed E-state index contributed by atoms with van der Waals surface area (Å²) in [4.78, 5) is 32.1. The Labute approximate surface area is 176 Å². The van der Waals surface area contributed by atoms with E-state index in [2.05, 4.69) is 4.98 Å². The Hall–Kier alpha value is -3.29. The van der Waals surface area contributed by atoms with Crippen molar-refractivity contribution in [3.63, 3.8) is 0 Å². The summed E-state index contributed by atoms with van der Waals surface area (Å²) in [5.41, 5.74) is 1.52. The van der Waals surface area contributed by atoms with Gasteiger partial charge in [-0.05, 0) is 49.7 Å². The van der Waals surface area contributed by atoms with Crippen LogP contribution in [-0.2, 0) is 11.3 Å². The minimum atomic E-state index is -0.334. The molecule has 8 nitrogen and oxygen atoms in total. The van der Waals surface area contributed by atoms with Crippen LogP contribution in [-0.4, -0.2) is 66.2 Å². The number of hydrogen-bond acceptors (Lipinski definition) is 6. The molecular formula is C22H27N3O5. The molecular weight excluding hydrogens is 386 g/mol. The molecule has 2 aromatic rings. The number of amides is 2. The zero-order valence-corrected chi connectivity index (χ0v) is 17.4. The fourth-order valence-corrected chi connectivity index (χ4v) is 3.16. The van der Waals surface area contributed by atoms with Crippen molar-refractivity contribution >= 4 is 12.0 Å². The highest BCUT2D eigenvalue weighted by Crippen LogP contribution is 2.30. The fraction of sp³-hybridized carbons (Fsp3) is 0.409. The molecule has 2 amide bonds. The molecule has 1 fully saturated rings. The summed E-state index contributed by atoms with van der Waals surface area (Å²) in [7, 11) is 0. The highest BCUT2D eigenvalue weighted by molar-refractivity contribution is 5.95. The van der Waals surface area contributed by atoms with Gasteiger partial charge in [0.15, 0.2) is 11.5 Å². The van der Waals surface area contributed by atoms with Gasteiger partial charge in [0.2, 0.25) is 0 Å². The predicted octanol–water partition coefficient (Wildman–Crippen LogP) is 2.97. The van der Waals surface area contributed by atoms with Crippen molar-refractivity contribution in [1.82, 2.24) is 14.8 Å². The zero-order valence-electron chi connectivity index (χ0n) is 17.4. The van der Waals surface area contributed by atoms with E-state index in [1.807, 2.05) is 19.1 Å². The number of benzene rings is 1. The Kier molecular flexibility index (Phi) is 7.48. The monoisotopic (exact) mass is 413 g/mol. The van der Waals surface area contributed by atoms with Crippen molar-refractivity contribution in [2.75, 3.05) is 39.4 Å². The lowest BCUT2D eigenvalue weighted by molar-refractivity contribution is 0.0570. The molecule has 0 saturated carbocycles. The number of pyridine rings is 1. The third-order valence-corrected chi connectivity index (χ3v) is 4.73. The van der Waals surface area contributed by atoms with Crippen LogP contribution in [0.15, 0.2) is 42.7 Å². The molecule has 8 heteroatoms. The summed E-state index contributed by atoms with van der Waals surface area (Å²) in [6.07, 6.45) is 3.09. The van der Waals surface area contributed by atoms with Gasteiger partial charge in [0.05, 0.1) is 13.2 Å². The van der Waals surface area contributed by atoms with Gasteiger partial charge >= 0.3 is 6.09 Å². The average molecular weight is 413 g/mol. The predicted molar refractivity (Wildman–Crippen MR) is 111 cm³/mol. The van der Waals surface area contributed by atoms with Crippen molar-refractivity contribution in [2.45, 2.75) is 20.5 Å². The third kappa shape index (κ3) is 5.40. The van der Waals surface area contributed by atoms with E-state index in [0.29, 0.717) is 63.1 Å². The maximum Gasteiger partial charge on any atom is 0.409 e. The molecule has 1 aliphatic heterocycles. The van der Waals surface area contributed by atoms with Crippen molar-refractivity contribution < 1.29 is 23.8 Å². The number of carbonyl (C=O) groups excluding carboxylic acids is 2. The van der Waals surface area contributed by atoms with E-state index in [1.54, 1.807) is 47.3 Å². The lowest BCUT2D eigenvalue weighted by Gasteiger charge is -2.34. The van der Waals surface area contributed by atoms with Crippen LogP contribution in [0.2, 0.25) is 0 Å². The van der Waals surface area contributed by atoms with Gasteiger partial charge in [-0.25, -0.2) is 4.79 Å². The number of nitrogens with zero attached hydrogens (tertiary/aromatic N) is 3. The second-order valence-corrected chi connectivity index (χ2v) is 6.72. The fourth-order valence-electron chi connectivity index (χ4n) is 3.16. The van der Waals surface area contributed by atoms with E-state index in [0.717, 1.165) is 5.56 Å². The maximum absolute atomic E-state index is 12.9. The normalized spacial score (nSPS) is 13.7. The number of piperazine rings is 1. The van der Waals surface area contributed by atoms with Crippen molar-refractivity contribution in [3.05, 3.63) is 53.9 Å². The van der Waals surface area contributed by atoms with Crippen LogP contribution in [0.25, 0.3) is 0 Å². The highest BCUT2D eigenvalue weighted by Gasteiger charge is 2.26. The lowest BCUT2D eigenvalue weighted by atomic mass is 10.1. The first-order chi connectivity index (χ1) is 14.6. The van der Waals surface area contributed by atoms with E-state index in [1.165, 1.54) is 0 Å². The summed E-state index contributed by atoms with van der Waals surface area (Å²) in [6.45, 7) is 6.67. The van der Waals surface area contributed by atoms with Crippen LogP contribution in [0.5, 0.6) is 11.5 Å². The maximum atomic E-state index is 12.9. The first kappa shape index (κ1) is 21.4. The SMILES string of the molecule is CCOC(=O)N1CCN(C(=O)c2ccc(OCc3ccncc3)c(OCC)c2)CC1. The second kappa shape index (κ2) is 10.5. The van der Waals surface area contributed by atoms with Crippen molar-refractivity contribution in [3.8, 4) is 11.5 Å². The lowest BCUT2D eigenvalue weighted by Crippen LogP contribution is -2.50. The Morgan fingerprint density at radius 2 is 1.60 bits per heavy atom. The molecule has 30 heavy (non-hydrogen) atoms. The molecule has 0 bridgehead atoms. The van der Waals surface area contributed by atoms with Crippen LogP contribution in [0.4, 0.5) is 4.79 Å². The smallest absolute Gasteiger partial charge is 0.409 e. The van der Waals surface area contributed by atoms with Crippen molar-refractivity contribution in [1.29, 1.82) is 0 Å². The van der Waals surface area contributed by atoms with Gasteiger partial charge in [-0.2, -0.15) is 0 Å². The highest BCUT2D eigenvalue weighted by atomic mass is 16.6. The molecule has 0 unspecified atom stereocenters. The van der Waals surface area contributed by atoms with Crippen LogP contribution < -0.4 is 9.47 Å². The third-order valence-electron chi connectivity index (χ3n) is 4.73. The van der Waals surface area contributed by atoms with Crippen LogP contribution in [0.3, 0.4) is 0 Å². The van der Waals surface area contributed by atoms with Gasteiger partial charge in [-0.1, -0.05) is 0 Å². The topological polar surface area (TPSA) is 81.2 Å². The second-order valence-electron chi connectivity index (χ2n) is 6.72. The standard InChI is InChI=1S/C22H27N3O5/c1-3-28-20-15-18(5-6-19(20)30-16-17-7-9-23-10-8-17)21(26)24-11-13-25(14-12-24)22(27)29-4-2/h5-10,15H,3-4,11-14,16H2,1-2H3. The number of ether oxygens (including phenoxy) is 3. The largest absolute Gasteiger partial charge is 0.490 e. The van der Waals surface area contributed by atoms with Gasteiger partial charge in [-0.3, -0.25) is 9.78 Å². The van der Waals surface area contributed by atoms with E-state index in [4.69, 9.17) is 14.2 Å². The molecule has 0 N–H and O–H groups in total. The van der Waals surface area contributed by atoms with Crippen LogP contribution >= 0.6 is 0 Å². The molecule has 1 aromatic carbocycles. The van der Waals surface area contributed by atoms with E-state index >= 15 is 0 Å². The molecule has 0 atom stereocenters. The Morgan fingerprint density at radius 3 is 2.27 bits per heavy atom. The van der Waals surface area contributed by atoms with Crippen molar-refractivity contribution in [2.24, 2.45) is 0 Å². The van der Waals surface area contributed by atoms with E-state index in [9.17, 15) is 9.59 Å². The van der Waals surface area contributed by atoms with Gasteiger partial charge in [0.25, 0.3) is 5.91 Å². The minimum absolute atomic E-state index is 0.0971. The average Bonchev–Trinajstić information content (AvgIpc) is 2.79. The zero-order chi connectivity index (χ0) is 21.3. The Bertz CT molecular complexity index is 851. The summed E-state index contributed by atoms with van der Waals surface area (Å²) < 4.78 is 16.6. The Balaban J connectivity index is 1.65. The number of carbonyl (C=O) groups is 2. The molecule has 1 saturated heterocycles. The number of rotatable bonds is 7. The molecule has 1 aromatic heterocycles. The minimum Gasteiger partial charge on any atom is -0.490 e. The van der Waals surface area contributed by atoms with E-state index < -0.39 is 0 Å². The molecule has 2 heterocycles. The van der Waals surface area contributed by atoms with Crippen LogP contribution in [0.1, 0.15) is 29.8 Å². The van der Waals surface area contributed by atoms with E-state index in [-0.39, 0.29) is 12.0 Å². The summed E-state index contributed by atoms with van der Waals surface area (Å²) in [5.74, 6) is 1.01. The first-order valence-corrected chi connectivity index (χ1v) is 10.1. The summed E-state index contributed by atoms with van der Waals surface area (Å²) >= 11 is 0. The molecule has 0 radical (unpaired) electrons. The Morgan fingerprint density at radius 1 is 0.900 bits per heavy atom. The molecule has 160 valence electrons.